The van der Waals surface area contributed by atoms with E-state index in [-0.39, 0.29) is 0 Å². The fourth-order valence-corrected chi connectivity index (χ4v) is 2.12. The van der Waals surface area contributed by atoms with Gasteiger partial charge < -0.3 is 9.88 Å². The molecule has 3 aromatic rings. The van der Waals surface area contributed by atoms with E-state index in [9.17, 15) is 0 Å². The second-order valence-electron chi connectivity index (χ2n) is 4.33. The molecular formula is C15H15N3. The molecule has 0 radical (unpaired) electrons. The first kappa shape index (κ1) is 10.8. The summed E-state index contributed by atoms with van der Waals surface area (Å²) in [5.41, 5.74) is 1.15. The van der Waals surface area contributed by atoms with Crippen LogP contribution in [0.25, 0.3) is 10.8 Å². The number of benzene rings is 2. The molecule has 0 atom stereocenters. The van der Waals surface area contributed by atoms with Crippen molar-refractivity contribution < 1.29 is 0 Å². The summed E-state index contributed by atoms with van der Waals surface area (Å²) in [7, 11) is 2.01. The summed E-state index contributed by atoms with van der Waals surface area (Å²) >= 11 is 0. The van der Waals surface area contributed by atoms with Crippen molar-refractivity contribution in [2.45, 2.75) is 6.54 Å². The third-order valence-corrected chi connectivity index (χ3v) is 3.15. The Kier molecular flexibility index (Phi) is 2.73. The van der Waals surface area contributed by atoms with Gasteiger partial charge in [0.1, 0.15) is 5.82 Å². The fourth-order valence-electron chi connectivity index (χ4n) is 2.12. The third kappa shape index (κ3) is 1.95. The van der Waals surface area contributed by atoms with Crippen LogP contribution in [0.15, 0.2) is 54.9 Å². The first-order chi connectivity index (χ1) is 8.84. The Hall–Kier alpha value is -2.29. The molecule has 0 spiro atoms. The fraction of sp³-hybridized carbons (Fsp3) is 0.133. The zero-order valence-corrected chi connectivity index (χ0v) is 10.3. The van der Waals surface area contributed by atoms with Crippen molar-refractivity contribution in [2.75, 3.05) is 5.32 Å². The molecule has 0 aliphatic heterocycles. The number of aryl methyl sites for hydroxylation is 1. The molecule has 18 heavy (non-hydrogen) atoms. The van der Waals surface area contributed by atoms with Gasteiger partial charge >= 0.3 is 0 Å². The van der Waals surface area contributed by atoms with Crippen molar-refractivity contribution in [1.29, 1.82) is 0 Å². The molecule has 0 saturated heterocycles. The lowest BCUT2D eigenvalue weighted by molar-refractivity contribution is 0.813. The van der Waals surface area contributed by atoms with Crippen LogP contribution in [0.3, 0.4) is 0 Å². The average molecular weight is 237 g/mol. The number of nitrogens with zero attached hydrogens (tertiary/aromatic N) is 2. The first-order valence-electron chi connectivity index (χ1n) is 6.02. The van der Waals surface area contributed by atoms with Crippen LogP contribution in [0.2, 0.25) is 0 Å². The molecule has 0 bridgehead atoms. The predicted molar refractivity (Wildman–Crippen MR) is 74.5 cm³/mol. The number of imidazole rings is 1. The minimum Gasteiger partial charge on any atom is -0.377 e. The molecule has 0 amide bonds. The van der Waals surface area contributed by atoms with Crippen LogP contribution >= 0.6 is 0 Å². The third-order valence-electron chi connectivity index (χ3n) is 3.15. The molecule has 0 aliphatic rings. The van der Waals surface area contributed by atoms with Crippen molar-refractivity contribution in [1.82, 2.24) is 9.55 Å². The maximum Gasteiger partial charge on any atom is 0.127 e. The van der Waals surface area contributed by atoms with Crippen molar-refractivity contribution in [3.05, 3.63) is 60.7 Å². The molecule has 90 valence electrons. The van der Waals surface area contributed by atoms with E-state index in [0.717, 1.165) is 18.1 Å². The summed E-state index contributed by atoms with van der Waals surface area (Å²) < 4.78 is 2.03. The quantitative estimate of drug-likeness (QED) is 0.758. The zero-order chi connectivity index (χ0) is 12.4. The van der Waals surface area contributed by atoms with Gasteiger partial charge in [-0.2, -0.15) is 0 Å². The van der Waals surface area contributed by atoms with E-state index in [4.69, 9.17) is 0 Å². The van der Waals surface area contributed by atoms with Crippen molar-refractivity contribution >= 4 is 16.5 Å². The Bertz CT molecular complexity index is 665. The Balaban J connectivity index is 1.89. The lowest BCUT2D eigenvalue weighted by Crippen LogP contribution is -2.05. The Morgan fingerprint density at radius 3 is 2.78 bits per heavy atom. The Labute approximate surface area is 106 Å². The van der Waals surface area contributed by atoms with Gasteiger partial charge in [0, 0.05) is 30.5 Å². The summed E-state index contributed by atoms with van der Waals surface area (Å²) in [6.45, 7) is 0.734. The van der Waals surface area contributed by atoms with Gasteiger partial charge in [0.25, 0.3) is 0 Å². The van der Waals surface area contributed by atoms with E-state index in [1.165, 1.54) is 10.8 Å². The standard InChI is InChI=1S/C15H15N3/c1-18-10-9-16-15(18)11-17-14-8-4-6-12-5-2-3-7-13(12)14/h2-10,17H,11H2,1H3. The van der Waals surface area contributed by atoms with E-state index in [1.807, 2.05) is 24.0 Å². The highest BCUT2D eigenvalue weighted by Crippen LogP contribution is 2.23. The van der Waals surface area contributed by atoms with Crippen molar-refractivity contribution in [2.24, 2.45) is 7.05 Å². The SMILES string of the molecule is Cn1ccnc1CNc1cccc2ccccc12. The van der Waals surface area contributed by atoms with Gasteiger partial charge in [0.15, 0.2) is 0 Å². The molecule has 2 aromatic carbocycles. The minimum atomic E-state index is 0.734. The van der Waals surface area contributed by atoms with E-state index in [1.54, 1.807) is 0 Å². The molecule has 0 unspecified atom stereocenters. The first-order valence-corrected chi connectivity index (χ1v) is 6.02. The number of anilines is 1. The molecule has 1 heterocycles. The zero-order valence-electron chi connectivity index (χ0n) is 10.3. The largest absolute Gasteiger partial charge is 0.377 e. The van der Waals surface area contributed by atoms with E-state index < -0.39 is 0 Å². The normalized spacial score (nSPS) is 10.7. The lowest BCUT2D eigenvalue weighted by Gasteiger charge is -2.09. The van der Waals surface area contributed by atoms with Gasteiger partial charge in [0.05, 0.1) is 6.54 Å². The smallest absolute Gasteiger partial charge is 0.127 e. The Morgan fingerprint density at radius 1 is 1.11 bits per heavy atom. The molecule has 0 aliphatic carbocycles. The van der Waals surface area contributed by atoms with Crippen LogP contribution in [0, 0.1) is 0 Å². The average Bonchev–Trinajstić information content (AvgIpc) is 2.82. The molecule has 0 fully saturated rings. The van der Waals surface area contributed by atoms with E-state index in [0.29, 0.717) is 0 Å². The van der Waals surface area contributed by atoms with Gasteiger partial charge in [-0.15, -0.1) is 0 Å². The molecule has 1 aromatic heterocycles. The van der Waals surface area contributed by atoms with E-state index in [2.05, 4.69) is 52.8 Å². The van der Waals surface area contributed by atoms with Gasteiger partial charge in [0.2, 0.25) is 0 Å². The molecule has 3 heteroatoms. The van der Waals surface area contributed by atoms with Gasteiger partial charge in [-0.05, 0) is 11.5 Å². The number of aromatic nitrogens is 2. The predicted octanol–water partition coefficient (Wildman–Crippen LogP) is 3.19. The monoisotopic (exact) mass is 237 g/mol. The van der Waals surface area contributed by atoms with Crippen LogP contribution in [-0.4, -0.2) is 9.55 Å². The topological polar surface area (TPSA) is 29.9 Å². The number of fused-ring (bicyclic) bond motifs is 1. The molecule has 0 saturated carbocycles. The highest BCUT2D eigenvalue weighted by molar-refractivity contribution is 5.93. The molecular weight excluding hydrogens is 222 g/mol. The number of nitrogens with one attached hydrogen (secondary N) is 1. The van der Waals surface area contributed by atoms with Crippen LogP contribution in [0.5, 0.6) is 0 Å². The van der Waals surface area contributed by atoms with Crippen LogP contribution in [-0.2, 0) is 13.6 Å². The van der Waals surface area contributed by atoms with E-state index >= 15 is 0 Å². The summed E-state index contributed by atoms with van der Waals surface area (Å²) in [4.78, 5) is 4.31. The summed E-state index contributed by atoms with van der Waals surface area (Å²) in [6, 6.07) is 14.7. The van der Waals surface area contributed by atoms with Crippen molar-refractivity contribution in [3.63, 3.8) is 0 Å². The minimum absolute atomic E-state index is 0.734. The van der Waals surface area contributed by atoms with Crippen LogP contribution in [0.1, 0.15) is 5.82 Å². The second-order valence-corrected chi connectivity index (χ2v) is 4.33. The second kappa shape index (κ2) is 4.53. The Morgan fingerprint density at radius 2 is 1.94 bits per heavy atom. The van der Waals surface area contributed by atoms with Crippen molar-refractivity contribution in [3.8, 4) is 0 Å². The summed E-state index contributed by atoms with van der Waals surface area (Å²) in [5.74, 6) is 1.03. The maximum absolute atomic E-state index is 4.31. The summed E-state index contributed by atoms with van der Waals surface area (Å²) in [5, 5.41) is 5.94. The lowest BCUT2D eigenvalue weighted by atomic mass is 10.1. The highest BCUT2D eigenvalue weighted by Gasteiger charge is 2.02. The highest BCUT2D eigenvalue weighted by atomic mass is 15.1. The van der Waals surface area contributed by atoms with Crippen LogP contribution in [0.4, 0.5) is 5.69 Å². The van der Waals surface area contributed by atoms with Gasteiger partial charge in [-0.3, -0.25) is 0 Å². The van der Waals surface area contributed by atoms with Gasteiger partial charge in [-0.1, -0.05) is 36.4 Å². The number of hydrogen-bond donors (Lipinski definition) is 1. The van der Waals surface area contributed by atoms with Crippen LogP contribution < -0.4 is 5.32 Å². The molecule has 1 N–H and O–H groups in total. The number of hydrogen-bond acceptors (Lipinski definition) is 2. The molecule has 3 nitrogen and oxygen atoms in total. The van der Waals surface area contributed by atoms with Gasteiger partial charge in [-0.25, -0.2) is 4.98 Å². The summed E-state index contributed by atoms with van der Waals surface area (Å²) in [6.07, 6.45) is 3.78. The maximum atomic E-state index is 4.31. The molecule has 3 rings (SSSR count). The number of rotatable bonds is 3.